The zero-order chi connectivity index (χ0) is 18.8. The summed E-state index contributed by atoms with van der Waals surface area (Å²) in [6.45, 7) is 1.11. The van der Waals surface area contributed by atoms with Crippen LogP contribution in [0, 0.1) is 11.6 Å². The number of fused-ring (bicyclic) bond motifs is 1. The molecule has 1 aliphatic heterocycles. The van der Waals surface area contributed by atoms with E-state index >= 15 is 0 Å². The molecule has 1 amide bonds. The SMILES string of the molecule is O=C(C=Cc1ccco1)N1CCC(Oc2nc3c(F)cc(F)cc3s2)CC1. The Kier molecular flexibility index (Phi) is 4.89. The van der Waals surface area contributed by atoms with Crippen LogP contribution in [0.5, 0.6) is 5.19 Å². The molecule has 8 heteroatoms. The van der Waals surface area contributed by atoms with Crippen molar-refractivity contribution in [2.45, 2.75) is 18.9 Å². The molecule has 1 aliphatic rings. The van der Waals surface area contributed by atoms with Crippen LogP contribution in [0.25, 0.3) is 16.3 Å². The lowest BCUT2D eigenvalue weighted by Crippen LogP contribution is -2.41. The molecule has 0 atom stereocenters. The van der Waals surface area contributed by atoms with E-state index in [1.165, 1.54) is 12.1 Å². The number of rotatable bonds is 4. The zero-order valence-corrected chi connectivity index (χ0v) is 15.0. The van der Waals surface area contributed by atoms with E-state index in [1.807, 2.05) is 0 Å². The quantitative estimate of drug-likeness (QED) is 0.625. The molecule has 5 nitrogen and oxygen atoms in total. The van der Waals surface area contributed by atoms with E-state index in [4.69, 9.17) is 9.15 Å². The monoisotopic (exact) mass is 390 g/mol. The van der Waals surface area contributed by atoms with E-state index in [0.29, 0.717) is 41.6 Å². The maximum Gasteiger partial charge on any atom is 0.274 e. The van der Waals surface area contributed by atoms with Gasteiger partial charge in [-0.1, -0.05) is 11.3 Å². The number of likely N-dealkylation sites (tertiary alicyclic amines) is 1. The first-order chi connectivity index (χ1) is 13.1. The average Bonchev–Trinajstić information content (AvgIpc) is 3.30. The molecule has 0 aliphatic carbocycles. The number of furan rings is 1. The van der Waals surface area contributed by atoms with Crippen molar-refractivity contribution in [2.75, 3.05) is 13.1 Å². The molecule has 1 fully saturated rings. The summed E-state index contributed by atoms with van der Waals surface area (Å²) in [5, 5.41) is 0.317. The second-order valence-corrected chi connectivity index (χ2v) is 7.20. The number of amides is 1. The van der Waals surface area contributed by atoms with Gasteiger partial charge in [-0.2, -0.15) is 4.98 Å². The summed E-state index contributed by atoms with van der Waals surface area (Å²) < 4.78 is 38.4. The minimum absolute atomic E-state index is 0.0811. The Hall–Kier alpha value is -2.74. The predicted octanol–water partition coefficient (Wildman–Crippen LogP) is 4.25. The van der Waals surface area contributed by atoms with E-state index in [1.54, 1.807) is 29.4 Å². The van der Waals surface area contributed by atoms with Gasteiger partial charge in [-0.15, -0.1) is 0 Å². The third-order valence-electron chi connectivity index (χ3n) is 4.35. The number of benzene rings is 1. The fourth-order valence-electron chi connectivity index (χ4n) is 2.97. The Labute approximate surface area is 157 Å². The minimum atomic E-state index is -0.695. The van der Waals surface area contributed by atoms with Gasteiger partial charge in [0.1, 0.15) is 23.2 Å². The summed E-state index contributed by atoms with van der Waals surface area (Å²) >= 11 is 1.12. The van der Waals surface area contributed by atoms with E-state index in [0.717, 1.165) is 17.4 Å². The van der Waals surface area contributed by atoms with Crippen LogP contribution in [0.15, 0.2) is 41.0 Å². The molecule has 1 aromatic carbocycles. The Balaban J connectivity index is 1.34. The molecule has 0 unspecified atom stereocenters. The second kappa shape index (κ2) is 7.48. The fourth-order valence-corrected chi connectivity index (χ4v) is 3.89. The number of ether oxygens (including phenoxy) is 1. The lowest BCUT2D eigenvalue weighted by molar-refractivity contribution is -0.127. The van der Waals surface area contributed by atoms with Crippen molar-refractivity contribution >= 4 is 33.5 Å². The molecule has 3 heterocycles. The van der Waals surface area contributed by atoms with Crippen molar-refractivity contribution < 1.29 is 22.7 Å². The smallest absolute Gasteiger partial charge is 0.274 e. The maximum absolute atomic E-state index is 13.7. The van der Waals surface area contributed by atoms with Crippen molar-refractivity contribution in [2.24, 2.45) is 0 Å². The van der Waals surface area contributed by atoms with Crippen LogP contribution in [-0.4, -0.2) is 35.0 Å². The van der Waals surface area contributed by atoms with Gasteiger partial charge in [-0.3, -0.25) is 4.79 Å². The highest BCUT2D eigenvalue weighted by atomic mass is 32.1. The predicted molar refractivity (Wildman–Crippen MR) is 97.5 cm³/mol. The van der Waals surface area contributed by atoms with Gasteiger partial charge in [0, 0.05) is 38.1 Å². The first-order valence-electron chi connectivity index (χ1n) is 8.51. The molecule has 0 saturated carbocycles. The molecule has 0 N–H and O–H groups in total. The van der Waals surface area contributed by atoms with Gasteiger partial charge in [-0.25, -0.2) is 8.78 Å². The van der Waals surface area contributed by atoms with Gasteiger partial charge in [0.25, 0.3) is 5.19 Å². The van der Waals surface area contributed by atoms with Crippen LogP contribution in [0.3, 0.4) is 0 Å². The third-order valence-corrected chi connectivity index (χ3v) is 5.24. The first kappa shape index (κ1) is 17.7. The number of nitrogens with zero attached hydrogens (tertiary/aromatic N) is 2. The third kappa shape index (κ3) is 4.00. The van der Waals surface area contributed by atoms with Gasteiger partial charge in [0.2, 0.25) is 5.91 Å². The largest absolute Gasteiger partial charge is 0.467 e. The fraction of sp³-hybridized carbons (Fsp3) is 0.263. The normalized spacial score (nSPS) is 15.7. The summed E-state index contributed by atoms with van der Waals surface area (Å²) in [6.07, 6.45) is 5.86. The minimum Gasteiger partial charge on any atom is -0.467 e. The molecular formula is C19H16F2N2O3S. The van der Waals surface area contributed by atoms with E-state index in [-0.39, 0.29) is 17.5 Å². The van der Waals surface area contributed by atoms with Gasteiger partial charge in [0.15, 0.2) is 5.82 Å². The Bertz CT molecular complexity index is 976. The van der Waals surface area contributed by atoms with Crippen LogP contribution < -0.4 is 4.74 Å². The lowest BCUT2D eigenvalue weighted by Gasteiger charge is -2.30. The Morgan fingerprint density at radius 3 is 2.89 bits per heavy atom. The summed E-state index contributed by atoms with van der Waals surface area (Å²) in [4.78, 5) is 18.1. The van der Waals surface area contributed by atoms with Crippen LogP contribution in [0.2, 0.25) is 0 Å². The lowest BCUT2D eigenvalue weighted by atomic mass is 10.1. The number of hydrogen-bond donors (Lipinski definition) is 0. The van der Waals surface area contributed by atoms with E-state index in [9.17, 15) is 13.6 Å². The van der Waals surface area contributed by atoms with Crippen molar-refractivity contribution in [3.05, 3.63) is 54.0 Å². The molecule has 0 bridgehead atoms. The first-order valence-corrected chi connectivity index (χ1v) is 9.33. The molecule has 27 heavy (non-hydrogen) atoms. The maximum atomic E-state index is 13.7. The number of carbonyl (C=O) groups excluding carboxylic acids is 1. The molecule has 1 saturated heterocycles. The highest BCUT2D eigenvalue weighted by Crippen LogP contribution is 2.31. The molecular weight excluding hydrogens is 374 g/mol. The average molecular weight is 390 g/mol. The van der Waals surface area contributed by atoms with Crippen molar-refractivity contribution in [1.29, 1.82) is 0 Å². The molecule has 2 aromatic heterocycles. The standard InChI is InChI=1S/C19H16F2N2O3S/c20-12-10-15(21)18-16(11-12)27-19(22-18)26-14-5-7-23(8-6-14)17(24)4-3-13-2-1-9-25-13/h1-4,9-11,14H,5-8H2. The molecule has 0 radical (unpaired) electrons. The summed E-state index contributed by atoms with van der Waals surface area (Å²) in [5.74, 6) is -0.784. The molecule has 140 valence electrons. The van der Waals surface area contributed by atoms with Crippen molar-refractivity contribution in [1.82, 2.24) is 9.88 Å². The number of aromatic nitrogens is 1. The van der Waals surface area contributed by atoms with Gasteiger partial charge >= 0.3 is 0 Å². The van der Waals surface area contributed by atoms with Gasteiger partial charge in [-0.05, 0) is 24.3 Å². The molecule has 3 aromatic rings. The van der Waals surface area contributed by atoms with Gasteiger partial charge in [0.05, 0.1) is 11.0 Å². The second-order valence-electron chi connectivity index (χ2n) is 6.21. The van der Waals surface area contributed by atoms with Crippen molar-refractivity contribution in [3.8, 4) is 5.19 Å². The highest BCUT2D eigenvalue weighted by molar-refractivity contribution is 7.20. The van der Waals surface area contributed by atoms with Crippen molar-refractivity contribution in [3.63, 3.8) is 0 Å². The molecule has 4 rings (SSSR count). The van der Waals surface area contributed by atoms with Gasteiger partial charge < -0.3 is 14.1 Å². The number of thiazole rings is 1. The number of halogens is 2. The summed E-state index contributed by atoms with van der Waals surface area (Å²) in [6, 6.07) is 5.59. The summed E-state index contributed by atoms with van der Waals surface area (Å²) in [7, 11) is 0. The summed E-state index contributed by atoms with van der Waals surface area (Å²) in [5.41, 5.74) is 0.118. The number of hydrogen-bond acceptors (Lipinski definition) is 5. The Morgan fingerprint density at radius 2 is 2.15 bits per heavy atom. The van der Waals surface area contributed by atoms with Crippen LogP contribution in [0.1, 0.15) is 18.6 Å². The van der Waals surface area contributed by atoms with Crippen LogP contribution in [-0.2, 0) is 4.79 Å². The highest BCUT2D eigenvalue weighted by Gasteiger charge is 2.24. The number of carbonyl (C=O) groups is 1. The van der Waals surface area contributed by atoms with E-state index in [2.05, 4.69) is 4.98 Å². The van der Waals surface area contributed by atoms with Crippen LogP contribution >= 0.6 is 11.3 Å². The van der Waals surface area contributed by atoms with Crippen LogP contribution in [0.4, 0.5) is 8.78 Å². The molecule has 0 spiro atoms. The zero-order valence-electron chi connectivity index (χ0n) is 14.2. The van der Waals surface area contributed by atoms with E-state index < -0.39 is 11.6 Å². The Morgan fingerprint density at radius 1 is 1.33 bits per heavy atom. The number of piperidine rings is 1. The topological polar surface area (TPSA) is 55.6 Å².